The zero-order valence-electron chi connectivity index (χ0n) is 18.0. The van der Waals surface area contributed by atoms with Crippen LogP contribution in [-0.4, -0.2) is 49.6 Å². The Hall–Kier alpha value is -3.86. The first-order chi connectivity index (χ1) is 15.4. The normalized spacial score (nSPS) is 15.9. The van der Waals surface area contributed by atoms with Crippen LogP contribution < -0.4 is 21.0 Å². The molecule has 32 heavy (non-hydrogen) atoms. The molecule has 0 atom stereocenters. The van der Waals surface area contributed by atoms with Gasteiger partial charge in [0.15, 0.2) is 0 Å². The second kappa shape index (κ2) is 7.68. The number of nitrogens with one attached hydrogen (secondary N) is 3. The summed E-state index contributed by atoms with van der Waals surface area (Å²) >= 11 is 0. The first-order valence-corrected chi connectivity index (χ1v) is 10.3. The average Bonchev–Trinajstić information content (AvgIpc) is 3.38. The molecular weight excluding hydrogens is 412 g/mol. The summed E-state index contributed by atoms with van der Waals surface area (Å²) < 4.78 is 5.46. The van der Waals surface area contributed by atoms with Gasteiger partial charge in [-0.15, -0.1) is 5.53 Å². The molecule has 3 aromatic heterocycles. The van der Waals surface area contributed by atoms with Gasteiger partial charge in [0.1, 0.15) is 17.6 Å². The Labute approximate surface area is 184 Å². The lowest BCUT2D eigenvalue weighted by Gasteiger charge is -2.29. The van der Waals surface area contributed by atoms with E-state index in [-0.39, 0.29) is 6.09 Å². The van der Waals surface area contributed by atoms with Crippen LogP contribution in [0.3, 0.4) is 0 Å². The molecule has 0 saturated carbocycles. The molecule has 2 aliphatic heterocycles. The van der Waals surface area contributed by atoms with Crippen molar-refractivity contribution in [3.63, 3.8) is 0 Å². The fourth-order valence-electron chi connectivity index (χ4n) is 3.54. The van der Waals surface area contributed by atoms with E-state index in [4.69, 9.17) is 9.57 Å². The number of hydrogen-bond donors (Lipinski definition) is 3. The summed E-state index contributed by atoms with van der Waals surface area (Å²) in [5.41, 5.74) is 8.86. The number of aromatic amines is 1. The number of rotatable bonds is 3. The molecule has 0 spiro atoms. The number of pyridine rings is 1. The van der Waals surface area contributed by atoms with E-state index in [0.29, 0.717) is 36.9 Å². The van der Waals surface area contributed by atoms with Crippen molar-refractivity contribution in [1.82, 2.24) is 30.4 Å². The molecule has 0 fully saturated rings. The number of H-pyrrole nitrogens is 1. The fraction of sp³-hybridized carbons (Fsp3) is 0.333. The molecule has 11 nitrogen and oxygen atoms in total. The molecule has 0 bridgehead atoms. The molecule has 0 radical (unpaired) electrons. The maximum Gasteiger partial charge on any atom is 0.410 e. The number of nitrogens with zero attached hydrogens (tertiary/aromatic N) is 5. The van der Waals surface area contributed by atoms with E-state index in [1.54, 1.807) is 11.1 Å². The van der Waals surface area contributed by atoms with Crippen LogP contribution in [0.25, 0.3) is 16.6 Å². The highest BCUT2D eigenvalue weighted by Crippen LogP contribution is 2.31. The quantitative estimate of drug-likeness (QED) is 0.569. The number of hydrogen-bond acceptors (Lipinski definition) is 9. The second-order valence-electron chi connectivity index (χ2n) is 8.53. The van der Waals surface area contributed by atoms with Gasteiger partial charge in [0.25, 0.3) is 5.88 Å². The molecular formula is C21H24N8O3. The molecule has 2 aliphatic rings. The molecule has 166 valence electrons. The van der Waals surface area contributed by atoms with Crippen LogP contribution in [-0.2, 0) is 4.74 Å². The van der Waals surface area contributed by atoms with Crippen molar-refractivity contribution in [2.45, 2.75) is 32.8 Å². The van der Waals surface area contributed by atoms with E-state index in [1.165, 1.54) is 11.5 Å². The predicted octanol–water partition coefficient (Wildman–Crippen LogP) is 3.02. The number of ether oxygens (including phenoxy) is 1. The third-order valence-corrected chi connectivity index (χ3v) is 5.04. The minimum absolute atomic E-state index is 0.299. The molecule has 5 rings (SSSR count). The molecule has 0 saturated heterocycles. The predicted molar refractivity (Wildman–Crippen MR) is 118 cm³/mol. The van der Waals surface area contributed by atoms with Crippen LogP contribution in [0.1, 0.15) is 32.9 Å². The first kappa shape index (κ1) is 20.1. The van der Waals surface area contributed by atoms with Crippen molar-refractivity contribution in [2.75, 3.05) is 23.7 Å². The Bertz CT molecular complexity index is 1200. The molecule has 11 heteroatoms. The van der Waals surface area contributed by atoms with E-state index < -0.39 is 5.60 Å². The summed E-state index contributed by atoms with van der Waals surface area (Å²) in [5, 5.41) is 2.16. The number of carbonyl (C=O) groups is 1. The van der Waals surface area contributed by atoms with Crippen molar-refractivity contribution in [1.29, 1.82) is 0 Å². The lowest BCUT2D eigenvalue weighted by atomic mass is 10.1. The number of hydrazine groups is 2. The second-order valence-corrected chi connectivity index (χ2v) is 8.53. The van der Waals surface area contributed by atoms with Gasteiger partial charge in [0.05, 0.1) is 11.1 Å². The maximum atomic E-state index is 12.3. The summed E-state index contributed by atoms with van der Waals surface area (Å²) in [6.07, 6.45) is 5.55. The van der Waals surface area contributed by atoms with Crippen molar-refractivity contribution in [2.24, 2.45) is 0 Å². The van der Waals surface area contributed by atoms with Gasteiger partial charge in [-0.1, -0.05) is 11.2 Å². The third-order valence-electron chi connectivity index (χ3n) is 5.04. The summed E-state index contributed by atoms with van der Waals surface area (Å²) in [6.45, 7) is 6.66. The zero-order valence-corrected chi connectivity index (χ0v) is 18.0. The molecule has 3 N–H and O–H groups in total. The summed E-state index contributed by atoms with van der Waals surface area (Å²) in [4.78, 5) is 36.2. The van der Waals surface area contributed by atoms with Crippen molar-refractivity contribution in [3.05, 3.63) is 42.5 Å². The molecule has 0 aliphatic carbocycles. The zero-order chi connectivity index (χ0) is 22.3. The monoisotopic (exact) mass is 436 g/mol. The highest BCUT2D eigenvalue weighted by Gasteiger charge is 2.26. The van der Waals surface area contributed by atoms with E-state index in [0.717, 1.165) is 22.3 Å². The molecule has 5 heterocycles. The summed E-state index contributed by atoms with van der Waals surface area (Å²) in [5.74, 6) is 0.990. The van der Waals surface area contributed by atoms with Crippen molar-refractivity contribution in [3.8, 4) is 5.88 Å². The number of aromatic nitrogens is 4. The van der Waals surface area contributed by atoms with E-state index in [2.05, 4.69) is 30.9 Å². The van der Waals surface area contributed by atoms with Crippen LogP contribution in [0, 0.1) is 0 Å². The topological polar surface area (TPSA) is 121 Å². The smallest absolute Gasteiger partial charge is 0.410 e. The van der Waals surface area contributed by atoms with Gasteiger partial charge < -0.3 is 19.5 Å². The number of anilines is 2. The lowest BCUT2D eigenvalue weighted by Crippen LogP contribution is -2.39. The van der Waals surface area contributed by atoms with Crippen LogP contribution in [0.5, 0.6) is 5.88 Å². The molecule has 3 aromatic rings. The van der Waals surface area contributed by atoms with Gasteiger partial charge in [-0.25, -0.2) is 14.8 Å². The third kappa shape index (κ3) is 3.89. The minimum Gasteiger partial charge on any atom is -0.444 e. The van der Waals surface area contributed by atoms with Gasteiger partial charge in [0.2, 0.25) is 5.82 Å². The van der Waals surface area contributed by atoms with Crippen LogP contribution in [0.15, 0.2) is 36.8 Å². The Kier molecular flexibility index (Phi) is 4.82. The minimum atomic E-state index is -0.511. The number of amides is 1. The Morgan fingerprint density at radius 1 is 1.22 bits per heavy atom. The van der Waals surface area contributed by atoms with Crippen LogP contribution >= 0.6 is 0 Å². The molecule has 0 unspecified atom stereocenters. The van der Waals surface area contributed by atoms with E-state index >= 15 is 0 Å². The van der Waals surface area contributed by atoms with Gasteiger partial charge in [0, 0.05) is 25.0 Å². The van der Waals surface area contributed by atoms with E-state index in [1.807, 2.05) is 45.0 Å². The Morgan fingerprint density at radius 2 is 2.09 bits per heavy atom. The van der Waals surface area contributed by atoms with Gasteiger partial charge in [-0.2, -0.15) is 4.98 Å². The van der Waals surface area contributed by atoms with Gasteiger partial charge in [-0.3, -0.25) is 5.43 Å². The van der Waals surface area contributed by atoms with Crippen LogP contribution in [0.2, 0.25) is 0 Å². The van der Waals surface area contributed by atoms with Crippen molar-refractivity contribution < 1.29 is 14.4 Å². The number of fused-ring (bicyclic) bond motifs is 2. The van der Waals surface area contributed by atoms with Gasteiger partial charge in [-0.05, 0) is 51.0 Å². The first-order valence-electron chi connectivity index (χ1n) is 10.3. The summed E-state index contributed by atoms with van der Waals surface area (Å²) in [7, 11) is 0. The number of carbonyl (C=O) groups excluding carboxylic acids is 1. The van der Waals surface area contributed by atoms with Gasteiger partial charge >= 0.3 is 6.09 Å². The Balaban J connectivity index is 1.35. The molecule has 0 aromatic carbocycles. The highest BCUT2D eigenvalue weighted by atomic mass is 16.7. The average molecular weight is 436 g/mol. The summed E-state index contributed by atoms with van der Waals surface area (Å²) in [6, 6.07) is 5.68. The molecule has 1 amide bonds. The Morgan fingerprint density at radius 3 is 2.88 bits per heavy atom. The highest BCUT2D eigenvalue weighted by molar-refractivity contribution is 5.86. The standard InChI is InChI=1S/C21H24N8O3/c1-21(2,3)31-20(30)28-9-6-13(7-10-28)16-11-14-17(25-16)23-12-24-19(14)32-29-18-15(26-27-29)5-4-8-22-18/h4-6,8,11-12,26-27H,7,9-10H2,1-3H3,(H,23,24,25). The largest absolute Gasteiger partial charge is 0.444 e. The maximum absolute atomic E-state index is 12.3. The fourth-order valence-corrected chi connectivity index (χ4v) is 3.54. The SMILES string of the molecule is CC(C)(C)OC(=O)N1CC=C(c2cc3c(ON4NNc5cccnc54)ncnc3[nH]2)CC1. The lowest BCUT2D eigenvalue weighted by molar-refractivity contribution is 0.0270. The van der Waals surface area contributed by atoms with Crippen LogP contribution in [0.4, 0.5) is 16.3 Å². The van der Waals surface area contributed by atoms with Crippen molar-refractivity contribution >= 4 is 34.2 Å². The van der Waals surface area contributed by atoms with E-state index in [9.17, 15) is 4.79 Å².